The first-order valence-electron chi connectivity index (χ1n) is 8.19. The fraction of sp³-hybridized carbons (Fsp3) is 0.389. The fourth-order valence-corrected chi connectivity index (χ4v) is 3.40. The molecule has 1 atom stereocenters. The predicted octanol–water partition coefficient (Wildman–Crippen LogP) is 2.08. The molecule has 1 amide bonds. The number of amides is 1. The van der Waals surface area contributed by atoms with Crippen molar-refractivity contribution < 1.29 is 9.90 Å². The zero-order valence-corrected chi connectivity index (χ0v) is 14.1. The maximum Gasteiger partial charge on any atom is 0.407 e. The number of aromatic amines is 1. The minimum absolute atomic E-state index is 0.336. The van der Waals surface area contributed by atoms with Gasteiger partial charge in [-0.25, -0.2) is 9.78 Å². The number of H-pyrrole nitrogens is 1. The normalized spacial score (nSPS) is 21.0. The Bertz CT molecular complexity index is 766. The Morgan fingerprint density at radius 3 is 2.76 bits per heavy atom. The minimum Gasteiger partial charge on any atom is -0.465 e. The predicted molar refractivity (Wildman–Crippen MR) is 91.9 cm³/mol. The number of carbonyl (C=O) groups is 1. The number of hydrogen-bond donors (Lipinski definition) is 2. The lowest BCUT2D eigenvalue weighted by Gasteiger charge is -2.48. The molecule has 7 nitrogen and oxygen atoms in total. The quantitative estimate of drug-likeness (QED) is 0.889. The third kappa shape index (κ3) is 3.80. The van der Waals surface area contributed by atoms with Gasteiger partial charge in [0, 0.05) is 50.0 Å². The molecule has 0 saturated carbocycles. The summed E-state index contributed by atoms with van der Waals surface area (Å²) in [6.07, 6.45) is 3.23. The zero-order valence-electron chi connectivity index (χ0n) is 14.1. The van der Waals surface area contributed by atoms with E-state index in [2.05, 4.69) is 27.9 Å². The smallest absolute Gasteiger partial charge is 0.407 e. The van der Waals surface area contributed by atoms with Crippen molar-refractivity contribution in [3.05, 3.63) is 53.6 Å². The molecule has 7 heteroatoms. The maximum absolute atomic E-state index is 11.4. The first-order chi connectivity index (χ1) is 12.0. The van der Waals surface area contributed by atoms with Gasteiger partial charge in [0.1, 0.15) is 0 Å². The zero-order chi connectivity index (χ0) is 17.9. The Morgan fingerprint density at radius 1 is 1.40 bits per heavy atom. The van der Waals surface area contributed by atoms with Crippen LogP contribution in [-0.2, 0) is 13.0 Å². The average molecular weight is 339 g/mol. The van der Waals surface area contributed by atoms with Crippen LogP contribution < -0.4 is 0 Å². The molecule has 1 aliphatic heterocycles. The summed E-state index contributed by atoms with van der Waals surface area (Å²) >= 11 is 0. The summed E-state index contributed by atoms with van der Waals surface area (Å²) in [7, 11) is 0. The van der Waals surface area contributed by atoms with Crippen LogP contribution in [0.3, 0.4) is 0 Å². The van der Waals surface area contributed by atoms with Crippen LogP contribution in [0.1, 0.15) is 23.7 Å². The molecule has 0 spiro atoms. The van der Waals surface area contributed by atoms with Gasteiger partial charge in [-0.2, -0.15) is 5.26 Å². The van der Waals surface area contributed by atoms with Gasteiger partial charge in [0.25, 0.3) is 0 Å². The van der Waals surface area contributed by atoms with Crippen LogP contribution in [-0.4, -0.2) is 56.1 Å². The van der Waals surface area contributed by atoms with E-state index < -0.39 is 6.09 Å². The van der Waals surface area contributed by atoms with E-state index in [-0.39, 0.29) is 5.54 Å². The number of nitrogens with one attached hydrogen (secondary N) is 1. The number of rotatable bonds is 4. The van der Waals surface area contributed by atoms with Crippen LogP contribution in [0, 0.1) is 11.3 Å². The van der Waals surface area contributed by atoms with E-state index in [4.69, 9.17) is 5.26 Å². The molecule has 130 valence electrons. The number of hydrogen-bond acceptors (Lipinski definition) is 4. The van der Waals surface area contributed by atoms with Crippen molar-refractivity contribution in [1.82, 2.24) is 19.8 Å². The molecule has 1 unspecified atom stereocenters. The number of carboxylic acid groups (broad SMARTS) is 1. The van der Waals surface area contributed by atoms with Gasteiger partial charge in [0.2, 0.25) is 0 Å². The Hall–Kier alpha value is -2.85. The molecule has 1 aromatic heterocycles. The first kappa shape index (κ1) is 17.0. The lowest BCUT2D eigenvalue weighted by atomic mass is 9.90. The van der Waals surface area contributed by atoms with E-state index in [1.165, 1.54) is 4.90 Å². The first-order valence-corrected chi connectivity index (χ1v) is 8.19. The van der Waals surface area contributed by atoms with Crippen LogP contribution >= 0.6 is 0 Å². The van der Waals surface area contributed by atoms with Crippen LogP contribution in [0.15, 0.2) is 36.8 Å². The van der Waals surface area contributed by atoms with Crippen molar-refractivity contribution in [1.29, 1.82) is 5.26 Å². The third-order valence-corrected chi connectivity index (χ3v) is 4.79. The van der Waals surface area contributed by atoms with E-state index in [9.17, 15) is 9.90 Å². The van der Waals surface area contributed by atoms with Crippen molar-refractivity contribution in [3.63, 3.8) is 0 Å². The SMILES string of the molecule is CC1(Cc2cnc[nH]2)CN(C(=O)O)CCN1Cc1ccc(C#N)cc1. The number of imidazole rings is 1. The number of nitrogens with zero attached hydrogens (tertiary/aromatic N) is 4. The second-order valence-corrected chi connectivity index (χ2v) is 6.68. The molecule has 3 rings (SSSR count). The Balaban J connectivity index is 1.81. The summed E-state index contributed by atoms with van der Waals surface area (Å²) in [5.41, 5.74) is 2.40. The number of aromatic nitrogens is 2. The highest BCUT2D eigenvalue weighted by Crippen LogP contribution is 2.27. The fourth-order valence-electron chi connectivity index (χ4n) is 3.40. The summed E-state index contributed by atoms with van der Waals surface area (Å²) in [5, 5.41) is 18.3. The van der Waals surface area contributed by atoms with Crippen molar-refractivity contribution in [2.75, 3.05) is 19.6 Å². The van der Waals surface area contributed by atoms with E-state index >= 15 is 0 Å². The summed E-state index contributed by atoms with van der Waals surface area (Å²) in [4.78, 5) is 22.4. The molecular formula is C18H21N5O2. The molecule has 2 heterocycles. The number of piperazine rings is 1. The van der Waals surface area contributed by atoms with Gasteiger partial charge in [-0.1, -0.05) is 12.1 Å². The van der Waals surface area contributed by atoms with Crippen LogP contribution in [0.25, 0.3) is 0 Å². The molecule has 2 aromatic rings. The molecule has 25 heavy (non-hydrogen) atoms. The summed E-state index contributed by atoms with van der Waals surface area (Å²) in [5.74, 6) is 0. The van der Waals surface area contributed by atoms with Crippen LogP contribution in [0.5, 0.6) is 0 Å². The van der Waals surface area contributed by atoms with Crippen molar-refractivity contribution >= 4 is 6.09 Å². The van der Waals surface area contributed by atoms with Gasteiger partial charge in [0.05, 0.1) is 18.0 Å². The van der Waals surface area contributed by atoms with Gasteiger partial charge >= 0.3 is 6.09 Å². The lowest BCUT2D eigenvalue weighted by molar-refractivity contribution is 0.00674. The summed E-state index contributed by atoms with van der Waals surface area (Å²) < 4.78 is 0. The molecule has 2 N–H and O–H groups in total. The highest BCUT2D eigenvalue weighted by atomic mass is 16.4. The van der Waals surface area contributed by atoms with E-state index in [1.54, 1.807) is 12.5 Å². The monoisotopic (exact) mass is 339 g/mol. The standard InChI is InChI=1S/C18H21N5O2/c1-18(8-16-10-20-13-21-16)12-22(17(24)25)6-7-23(18)11-15-4-2-14(9-19)3-5-15/h2-5,10,13H,6-8,11-12H2,1H3,(H,20,21)(H,24,25). The topological polar surface area (TPSA) is 96.2 Å². The van der Waals surface area contributed by atoms with Gasteiger partial charge < -0.3 is 15.0 Å². The summed E-state index contributed by atoms with van der Waals surface area (Å²) in [6, 6.07) is 9.67. The highest BCUT2D eigenvalue weighted by Gasteiger charge is 2.39. The van der Waals surface area contributed by atoms with Crippen molar-refractivity contribution in [2.45, 2.75) is 25.4 Å². The molecular weight excluding hydrogens is 318 g/mol. The maximum atomic E-state index is 11.4. The molecule has 1 aliphatic rings. The van der Waals surface area contributed by atoms with E-state index in [1.807, 2.05) is 24.3 Å². The van der Waals surface area contributed by atoms with E-state index in [0.29, 0.717) is 38.2 Å². The highest BCUT2D eigenvalue weighted by molar-refractivity contribution is 5.65. The Labute approximate surface area is 146 Å². The molecule has 0 radical (unpaired) electrons. The Morgan fingerprint density at radius 2 is 2.16 bits per heavy atom. The molecule has 1 aromatic carbocycles. The molecule has 1 fully saturated rings. The van der Waals surface area contributed by atoms with Crippen LogP contribution in [0.2, 0.25) is 0 Å². The van der Waals surface area contributed by atoms with Crippen molar-refractivity contribution in [3.8, 4) is 6.07 Å². The second-order valence-electron chi connectivity index (χ2n) is 6.68. The number of benzene rings is 1. The van der Waals surface area contributed by atoms with Gasteiger partial charge in [-0.3, -0.25) is 4.90 Å². The van der Waals surface area contributed by atoms with Gasteiger partial charge in [0.15, 0.2) is 0 Å². The summed E-state index contributed by atoms with van der Waals surface area (Å²) in [6.45, 7) is 4.40. The van der Waals surface area contributed by atoms with Gasteiger partial charge in [-0.05, 0) is 24.6 Å². The van der Waals surface area contributed by atoms with Crippen molar-refractivity contribution in [2.24, 2.45) is 0 Å². The lowest BCUT2D eigenvalue weighted by Crippen LogP contribution is -2.62. The minimum atomic E-state index is -0.881. The third-order valence-electron chi connectivity index (χ3n) is 4.79. The molecule has 1 saturated heterocycles. The van der Waals surface area contributed by atoms with Crippen LogP contribution in [0.4, 0.5) is 4.79 Å². The average Bonchev–Trinajstić information content (AvgIpc) is 3.10. The van der Waals surface area contributed by atoms with E-state index in [0.717, 1.165) is 11.3 Å². The largest absolute Gasteiger partial charge is 0.465 e. The molecule has 0 aliphatic carbocycles. The van der Waals surface area contributed by atoms with Gasteiger partial charge in [-0.15, -0.1) is 0 Å². The Kier molecular flexibility index (Phi) is 4.72. The molecule has 0 bridgehead atoms. The second kappa shape index (κ2) is 6.95. The number of nitriles is 1.